The highest BCUT2D eigenvalue weighted by Gasteiger charge is 1.98. The summed E-state index contributed by atoms with van der Waals surface area (Å²) in [4.78, 5) is 7.90. The van der Waals surface area contributed by atoms with Gasteiger partial charge in [0.05, 0.1) is 11.9 Å². The first-order valence-corrected chi connectivity index (χ1v) is 5.23. The summed E-state index contributed by atoms with van der Waals surface area (Å²) in [5, 5.41) is 0. The van der Waals surface area contributed by atoms with E-state index in [9.17, 15) is 0 Å². The Hall–Kier alpha value is -2.25. The molecule has 2 aromatic heterocycles. The van der Waals surface area contributed by atoms with Gasteiger partial charge in [-0.15, -0.1) is 0 Å². The van der Waals surface area contributed by atoms with Crippen molar-refractivity contribution in [1.29, 1.82) is 0 Å². The number of halogens is 1. The number of aromatic nitrogens is 2. The summed E-state index contributed by atoms with van der Waals surface area (Å²) in [6.45, 7) is 0. The lowest BCUT2D eigenvalue weighted by Crippen LogP contribution is -2.24. The van der Waals surface area contributed by atoms with Crippen LogP contribution >= 0.6 is 11.8 Å². The molecule has 2 rings (SSSR count). The normalized spacial score (nSPS) is 9.00. The third kappa shape index (κ3) is 3.37. The van der Waals surface area contributed by atoms with Crippen LogP contribution in [0, 0.1) is 12.0 Å². The van der Waals surface area contributed by atoms with E-state index in [2.05, 4.69) is 27.4 Å². The van der Waals surface area contributed by atoms with Crippen molar-refractivity contribution in [3.05, 3.63) is 54.6 Å². The van der Waals surface area contributed by atoms with Gasteiger partial charge in [0.15, 0.2) is 0 Å². The third-order valence-electron chi connectivity index (χ3n) is 1.90. The van der Waals surface area contributed by atoms with Gasteiger partial charge in [-0.05, 0) is 30.2 Å². The molecular formula is C12H9ClN4. The van der Waals surface area contributed by atoms with E-state index in [0.29, 0.717) is 0 Å². The number of hydrogen-bond donors (Lipinski definition) is 1. The van der Waals surface area contributed by atoms with Crippen molar-refractivity contribution in [2.45, 2.75) is 0 Å². The summed E-state index contributed by atoms with van der Waals surface area (Å²) in [5.41, 5.74) is 4.25. The van der Waals surface area contributed by atoms with E-state index in [1.54, 1.807) is 30.9 Å². The van der Waals surface area contributed by atoms with Gasteiger partial charge < -0.3 is 0 Å². The van der Waals surface area contributed by atoms with Crippen LogP contribution in [0.25, 0.3) is 0 Å². The Labute approximate surface area is 104 Å². The summed E-state index contributed by atoms with van der Waals surface area (Å²) >= 11 is 5.94. The molecule has 0 aliphatic carbocycles. The fourth-order valence-electron chi connectivity index (χ4n) is 1.12. The van der Waals surface area contributed by atoms with Crippen molar-refractivity contribution < 1.29 is 0 Å². The first-order chi connectivity index (χ1) is 8.36. The zero-order valence-corrected chi connectivity index (χ0v) is 9.59. The minimum absolute atomic E-state index is 0.717. The second-order valence-electron chi connectivity index (χ2n) is 3.10. The van der Waals surface area contributed by atoms with Gasteiger partial charge in [-0.2, -0.15) is 4.53 Å². The molecule has 1 N–H and O–H groups in total. The van der Waals surface area contributed by atoms with Crippen LogP contribution in [0.1, 0.15) is 5.56 Å². The van der Waals surface area contributed by atoms with Gasteiger partial charge in [0.2, 0.25) is 0 Å². The first kappa shape index (κ1) is 11.2. The van der Waals surface area contributed by atoms with Crippen LogP contribution < -0.4 is 9.95 Å². The summed E-state index contributed by atoms with van der Waals surface area (Å²) in [7, 11) is 0. The lowest BCUT2D eigenvalue weighted by molar-refractivity contribution is 0.980. The van der Waals surface area contributed by atoms with Crippen molar-refractivity contribution in [3.8, 4) is 12.0 Å². The predicted molar refractivity (Wildman–Crippen MR) is 66.8 cm³/mol. The van der Waals surface area contributed by atoms with Gasteiger partial charge in [-0.3, -0.25) is 9.97 Å². The molecule has 0 saturated heterocycles. The van der Waals surface area contributed by atoms with E-state index in [4.69, 9.17) is 11.8 Å². The molecule has 2 aromatic rings. The van der Waals surface area contributed by atoms with E-state index in [0.717, 1.165) is 11.3 Å². The van der Waals surface area contributed by atoms with Crippen LogP contribution in [0.5, 0.6) is 0 Å². The molecule has 0 spiro atoms. The van der Waals surface area contributed by atoms with Crippen molar-refractivity contribution in [1.82, 2.24) is 15.4 Å². The second-order valence-corrected chi connectivity index (χ2v) is 3.43. The lowest BCUT2D eigenvalue weighted by Gasteiger charge is -2.11. The molecule has 0 bridgehead atoms. The molecular weight excluding hydrogens is 236 g/mol. The minimum atomic E-state index is 0.717. The Balaban J connectivity index is 1.98. The quantitative estimate of drug-likeness (QED) is 0.380. The van der Waals surface area contributed by atoms with Crippen LogP contribution in [0.3, 0.4) is 0 Å². The second kappa shape index (κ2) is 5.73. The summed E-state index contributed by atoms with van der Waals surface area (Å²) in [5.74, 6) is 2.88. The molecule has 0 aliphatic rings. The molecule has 0 unspecified atom stereocenters. The molecule has 5 heteroatoms. The van der Waals surface area contributed by atoms with Crippen LogP contribution in [-0.2, 0) is 0 Å². The topological polar surface area (TPSA) is 41.0 Å². The Morgan fingerprint density at radius 3 is 2.53 bits per heavy atom. The monoisotopic (exact) mass is 244 g/mol. The first-order valence-electron chi connectivity index (χ1n) is 4.89. The van der Waals surface area contributed by atoms with E-state index >= 15 is 0 Å². The molecule has 4 nitrogen and oxygen atoms in total. The van der Waals surface area contributed by atoms with E-state index in [-0.39, 0.29) is 0 Å². The smallest absolute Gasteiger partial charge is 0.0950 e. The van der Waals surface area contributed by atoms with Gasteiger partial charge >= 0.3 is 0 Å². The van der Waals surface area contributed by atoms with E-state index in [1.165, 1.54) is 4.53 Å². The van der Waals surface area contributed by atoms with Gasteiger partial charge in [-0.1, -0.05) is 0 Å². The van der Waals surface area contributed by atoms with Crippen LogP contribution in [0.2, 0.25) is 0 Å². The zero-order valence-electron chi connectivity index (χ0n) is 8.84. The fourth-order valence-corrected chi connectivity index (χ4v) is 1.26. The predicted octanol–water partition coefficient (Wildman–Crippen LogP) is 1.95. The SMILES string of the molecule is ClN(NC#Cc1cccnc1)c1cccnc1. The number of rotatable bonds is 2. The standard InChI is InChI=1S/C12H9ClN4/c13-17(12-4-2-7-15-10-12)16-8-5-11-3-1-6-14-9-11/h1-4,6-7,9-10,16H. The summed E-state index contributed by atoms with van der Waals surface area (Å²) in [6.07, 6.45) is 6.68. The maximum Gasteiger partial charge on any atom is 0.0950 e. The van der Waals surface area contributed by atoms with Crippen molar-refractivity contribution in [3.63, 3.8) is 0 Å². The number of nitrogens with zero attached hydrogens (tertiary/aromatic N) is 3. The Kier molecular flexibility index (Phi) is 3.79. The van der Waals surface area contributed by atoms with Crippen LogP contribution in [0.4, 0.5) is 5.69 Å². The highest BCUT2D eigenvalue weighted by molar-refractivity contribution is 6.25. The minimum Gasteiger partial charge on any atom is -0.263 e. The Morgan fingerprint density at radius 1 is 1.12 bits per heavy atom. The number of hydrazine groups is 1. The molecule has 0 amide bonds. The molecule has 0 atom stereocenters. The zero-order chi connectivity index (χ0) is 11.9. The molecule has 0 aliphatic heterocycles. The highest BCUT2D eigenvalue weighted by atomic mass is 35.5. The van der Waals surface area contributed by atoms with Gasteiger partial charge in [0, 0.05) is 42.0 Å². The van der Waals surface area contributed by atoms with E-state index in [1.807, 2.05) is 18.2 Å². The fraction of sp³-hybridized carbons (Fsp3) is 0. The number of anilines is 1. The molecule has 0 fully saturated rings. The molecule has 2 heterocycles. The number of pyridine rings is 2. The van der Waals surface area contributed by atoms with Gasteiger partial charge in [-0.25, -0.2) is 5.43 Å². The maximum absolute atomic E-state index is 5.94. The average molecular weight is 245 g/mol. The van der Waals surface area contributed by atoms with Crippen molar-refractivity contribution >= 4 is 17.5 Å². The lowest BCUT2D eigenvalue weighted by atomic mass is 10.3. The Morgan fingerprint density at radius 2 is 1.88 bits per heavy atom. The van der Waals surface area contributed by atoms with Crippen molar-refractivity contribution in [2.24, 2.45) is 0 Å². The summed E-state index contributed by atoms with van der Waals surface area (Å²) in [6, 6.07) is 10.0. The molecule has 0 radical (unpaired) electrons. The molecule has 0 aromatic carbocycles. The summed E-state index contributed by atoms with van der Waals surface area (Å²) < 4.78 is 1.27. The molecule has 0 saturated carbocycles. The van der Waals surface area contributed by atoms with Crippen LogP contribution in [0.15, 0.2) is 49.1 Å². The van der Waals surface area contributed by atoms with Crippen molar-refractivity contribution in [2.75, 3.05) is 4.53 Å². The highest BCUT2D eigenvalue weighted by Crippen LogP contribution is 2.10. The average Bonchev–Trinajstić information content (AvgIpc) is 2.41. The largest absolute Gasteiger partial charge is 0.263 e. The maximum atomic E-state index is 5.94. The number of hydrogen-bond acceptors (Lipinski definition) is 4. The van der Waals surface area contributed by atoms with Crippen LogP contribution in [-0.4, -0.2) is 9.97 Å². The number of nitrogens with one attached hydrogen (secondary N) is 1. The van der Waals surface area contributed by atoms with E-state index < -0.39 is 0 Å². The Bertz CT molecular complexity index is 518. The van der Waals surface area contributed by atoms with Gasteiger partial charge in [0.1, 0.15) is 0 Å². The van der Waals surface area contributed by atoms with Gasteiger partial charge in [0.25, 0.3) is 0 Å². The molecule has 84 valence electrons. The molecule has 17 heavy (non-hydrogen) atoms. The third-order valence-corrected chi connectivity index (χ3v) is 2.17.